The second kappa shape index (κ2) is 9.58. The summed E-state index contributed by atoms with van der Waals surface area (Å²) in [7, 11) is 0. The van der Waals surface area contributed by atoms with E-state index in [4.69, 9.17) is 0 Å². The molecule has 0 atom stereocenters. The standard InChI is InChI=1S/C18H32N2O3/c1-5-9-14(10-6-2)19-16(21)13-17(22)20(18(19)23)15(11-7-3)12-8-4/h13-15,21H,5-12H2,1-4H3. The highest BCUT2D eigenvalue weighted by atomic mass is 16.3. The Morgan fingerprint density at radius 1 is 0.826 bits per heavy atom. The molecule has 0 fully saturated rings. The fourth-order valence-corrected chi connectivity index (χ4v) is 3.38. The molecule has 0 spiro atoms. The maximum Gasteiger partial charge on any atom is 0.334 e. The van der Waals surface area contributed by atoms with Gasteiger partial charge >= 0.3 is 5.69 Å². The molecular formula is C18H32N2O3. The molecule has 1 heterocycles. The first kappa shape index (κ1) is 19.5. The van der Waals surface area contributed by atoms with Gasteiger partial charge in [-0.1, -0.05) is 53.4 Å². The lowest BCUT2D eigenvalue weighted by Crippen LogP contribution is -2.42. The Balaban J connectivity index is 3.46. The van der Waals surface area contributed by atoms with Crippen LogP contribution in [0.15, 0.2) is 15.7 Å². The van der Waals surface area contributed by atoms with Gasteiger partial charge in [0.1, 0.15) is 0 Å². The predicted molar refractivity (Wildman–Crippen MR) is 94.3 cm³/mol. The van der Waals surface area contributed by atoms with Crippen molar-refractivity contribution in [3.8, 4) is 5.88 Å². The van der Waals surface area contributed by atoms with Crippen molar-refractivity contribution >= 4 is 0 Å². The van der Waals surface area contributed by atoms with E-state index in [1.165, 1.54) is 15.2 Å². The first-order chi connectivity index (χ1) is 11.0. The van der Waals surface area contributed by atoms with Crippen LogP contribution in [0, 0.1) is 0 Å². The Morgan fingerprint density at radius 3 is 1.61 bits per heavy atom. The van der Waals surface area contributed by atoms with E-state index in [0.717, 1.165) is 51.4 Å². The smallest absolute Gasteiger partial charge is 0.334 e. The zero-order valence-electron chi connectivity index (χ0n) is 15.0. The van der Waals surface area contributed by atoms with Gasteiger partial charge in [0.05, 0.1) is 6.07 Å². The van der Waals surface area contributed by atoms with Crippen LogP contribution >= 0.6 is 0 Å². The van der Waals surface area contributed by atoms with Gasteiger partial charge in [-0.15, -0.1) is 0 Å². The molecule has 0 aliphatic heterocycles. The fraction of sp³-hybridized carbons (Fsp3) is 0.778. The maximum absolute atomic E-state index is 13.0. The number of rotatable bonds is 10. The van der Waals surface area contributed by atoms with Crippen molar-refractivity contribution in [3.05, 3.63) is 26.9 Å². The van der Waals surface area contributed by atoms with Crippen LogP contribution in [-0.4, -0.2) is 14.2 Å². The van der Waals surface area contributed by atoms with Crippen molar-refractivity contribution in [1.29, 1.82) is 0 Å². The van der Waals surface area contributed by atoms with Crippen molar-refractivity contribution < 1.29 is 5.11 Å². The highest BCUT2D eigenvalue weighted by molar-refractivity contribution is 5.09. The van der Waals surface area contributed by atoms with E-state index in [9.17, 15) is 14.7 Å². The molecule has 1 aromatic rings. The highest BCUT2D eigenvalue weighted by Crippen LogP contribution is 2.23. The van der Waals surface area contributed by atoms with Crippen LogP contribution in [0.2, 0.25) is 0 Å². The molecule has 1 N–H and O–H groups in total. The van der Waals surface area contributed by atoms with Gasteiger partial charge in [-0.05, 0) is 25.7 Å². The van der Waals surface area contributed by atoms with Crippen molar-refractivity contribution in [3.63, 3.8) is 0 Å². The molecule has 1 rings (SSSR count). The molecule has 0 aliphatic carbocycles. The van der Waals surface area contributed by atoms with E-state index in [1.807, 2.05) is 0 Å². The summed E-state index contributed by atoms with van der Waals surface area (Å²) in [4.78, 5) is 25.3. The third-order valence-corrected chi connectivity index (χ3v) is 4.37. The molecule has 0 saturated heterocycles. The van der Waals surface area contributed by atoms with Gasteiger partial charge < -0.3 is 5.11 Å². The van der Waals surface area contributed by atoms with Gasteiger partial charge in [0, 0.05) is 12.1 Å². The Hall–Kier alpha value is -1.52. The monoisotopic (exact) mass is 324 g/mol. The predicted octanol–water partition coefficient (Wildman–Crippen LogP) is 4.00. The lowest BCUT2D eigenvalue weighted by Gasteiger charge is -2.24. The molecule has 5 heteroatoms. The summed E-state index contributed by atoms with van der Waals surface area (Å²) in [6.07, 6.45) is 6.97. The molecule has 0 amide bonds. The number of nitrogens with zero attached hydrogens (tertiary/aromatic N) is 2. The summed E-state index contributed by atoms with van der Waals surface area (Å²) < 4.78 is 2.80. The van der Waals surface area contributed by atoms with Gasteiger partial charge in [-0.3, -0.25) is 13.9 Å². The molecule has 23 heavy (non-hydrogen) atoms. The second-order valence-electron chi connectivity index (χ2n) is 6.33. The highest BCUT2D eigenvalue weighted by Gasteiger charge is 2.22. The zero-order chi connectivity index (χ0) is 17.4. The minimum Gasteiger partial charge on any atom is -0.494 e. The quantitative estimate of drug-likeness (QED) is 0.707. The Bertz CT molecular complexity index is 577. The molecule has 5 nitrogen and oxygen atoms in total. The van der Waals surface area contributed by atoms with Gasteiger partial charge in [0.2, 0.25) is 5.88 Å². The molecule has 0 unspecified atom stereocenters. The summed E-state index contributed by atoms with van der Waals surface area (Å²) >= 11 is 0. The van der Waals surface area contributed by atoms with E-state index >= 15 is 0 Å². The van der Waals surface area contributed by atoms with Crippen LogP contribution in [0.3, 0.4) is 0 Å². The van der Waals surface area contributed by atoms with E-state index < -0.39 is 0 Å². The molecule has 132 valence electrons. The average molecular weight is 324 g/mol. The van der Waals surface area contributed by atoms with Gasteiger partial charge in [-0.2, -0.15) is 0 Å². The average Bonchev–Trinajstić information content (AvgIpc) is 2.47. The Labute approximate surface area is 139 Å². The molecule has 0 bridgehead atoms. The summed E-state index contributed by atoms with van der Waals surface area (Å²) in [6.45, 7) is 8.25. The molecule has 0 saturated carbocycles. The van der Waals surface area contributed by atoms with Crippen LogP contribution in [0.25, 0.3) is 0 Å². The number of hydrogen-bond acceptors (Lipinski definition) is 3. The Kier molecular flexibility index (Phi) is 8.13. The topological polar surface area (TPSA) is 64.2 Å². The SMILES string of the molecule is CCCC(CCC)n1c(O)cc(=O)n(C(CCC)CCC)c1=O. The number of aromatic hydroxyl groups is 1. The van der Waals surface area contributed by atoms with E-state index in [0.29, 0.717) is 0 Å². The maximum atomic E-state index is 13.0. The van der Waals surface area contributed by atoms with Crippen molar-refractivity contribution in [2.75, 3.05) is 0 Å². The molecular weight excluding hydrogens is 292 g/mol. The lowest BCUT2D eigenvalue weighted by atomic mass is 10.1. The molecule has 0 aromatic carbocycles. The van der Waals surface area contributed by atoms with Crippen molar-refractivity contribution in [2.45, 2.75) is 91.1 Å². The van der Waals surface area contributed by atoms with Crippen LogP contribution in [0.1, 0.15) is 91.1 Å². The van der Waals surface area contributed by atoms with E-state index in [-0.39, 0.29) is 29.2 Å². The molecule has 0 radical (unpaired) electrons. The number of aromatic nitrogens is 2. The summed E-state index contributed by atoms with van der Waals surface area (Å²) in [5.74, 6) is -0.199. The van der Waals surface area contributed by atoms with Gasteiger partial charge in [0.15, 0.2) is 0 Å². The van der Waals surface area contributed by atoms with Crippen LogP contribution in [0.4, 0.5) is 0 Å². The minimum absolute atomic E-state index is 0.0479. The largest absolute Gasteiger partial charge is 0.494 e. The minimum atomic E-state index is -0.387. The lowest BCUT2D eigenvalue weighted by molar-refractivity contribution is 0.306. The normalized spacial score (nSPS) is 11.6. The first-order valence-electron chi connectivity index (χ1n) is 9.08. The summed E-state index contributed by atoms with van der Waals surface area (Å²) in [5, 5.41) is 10.2. The summed E-state index contributed by atoms with van der Waals surface area (Å²) in [5.41, 5.74) is -0.740. The summed E-state index contributed by atoms with van der Waals surface area (Å²) in [6, 6.07) is 1.08. The van der Waals surface area contributed by atoms with Crippen molar-refractivity contribution in [2.24, 2.45) is 0 Å². The van der Waals surface area contributed by atoms with Crippen molar-refractivity contribution in [1.82, 2.24) is 9.13 Å². The second-order valence-corrected chi connectivity index (χ2v) is 6.33. The third kappa shape index (κ3) is 4.72. The van der Waals surface area contributed by atoms with Crippen LogP contribution in [-0.2, 0) is 0 Å². The third-order valence-electron chi connectivity index (χ3n) is 4.37. The van der Waals surface area contributed by atoms with Crippen LogP contribution < -0.4 is 11.2 Å². The fourth-order valence-electron chi connectivity index (χ4n) is 3.38. The Morgan fingerprint density at radius 2 is 1.22 bits per heavy atom. The zero-order valence-corrected chi connectivity index (χ0v) is 15.0. The van der Waals surface area contributed by atoms with Gasteiger partial charge in [0.25, 0.3) is 5.56 Å². The molecule has 1 aromatic heterocycles. The molecule has 0 aliphatic rings. The number of hydrogen-bond donors (Lipinski definition) is 1. The first-order valence-corrected chi connectivity index (χ1v) is 9.08. The van der Waals surface area contributed by atoms with E-state index in [2.05, 4.69) is 27.7 Å². The van der Waals surface area contributed by atoms with E-state index in [1.54, 1.807) is 0 Å². The van der Waals surface area contributed by atoms with Gasteiger partial charge in [-0.25, -0.2) is 4.79 Å². The van der Waals surface area contributed by atoms with Crippen LogP contribution in [0.5, 0.6) is 5.88 Å².